The Morgan fingerprint density at radius 3 is 1.88 bits per heavy atom. The van der Waals surface area contributed by atoms with E-state index in [2.05, 4.69) is 12.2 Å². The molecule has 2 nitrogen and oxygen atoms in total. The van der Waals surface area contributed by atoms with Gasteiger partial charge in [-0.05, 0) is 19.9 Å². The molecule has 0 aliphatic heterocycles. The van der Waals surface area contributed by atoms with Crippen LogP contribution in [0.15, 0.2) is 0 Å². The Labute approximate surface area is 102 Å². The molecule has 0 aliphatic rings. The maximum atomic E-state index is 9.03. The molecule has 0 unspecified atom stereocenters. The number of nitrogens with one attached hydrogen (secondary N) is 1. The summed E-state index contributed by atoms with van der Waals surface area (Å²) in [6.45, 7) is 5.88. The molecule has 98 valence electrons. The van der Waals surface area contributed by atoms with Crippen molar-refractivity contribution in [3.05, 3.63) is 0 Å². The minimum Gasteiger partial charge on any atom is -0.392 e. The largest absolute Gasteiger partial charge is 0.392 e. The third kappa shape index (κ3) is 13.9. The van der Waals surface area contributed by atoms with Gasteiger partial charge in [0.15, 0.2) is 0 Å². The Hall–Kier alpha value is -0.0800. The van der Waals surface area contributed by atoms with Crippen molar-refractivity contribution in [1.29, 1.82) is 0 Å². The highest BCUT2D eigenvalue weighted by atomic mass is 16.3. The molecule has 0 saturated carbocycles. The van der Waals surface area contributed by atoms with Gasteiger partial charge in [0, 0.05) is 6.54 Å². The van der Waals surface area contributed by atoms with Gasteiger partial charge in [-0.25, -0.2) is 0 Å². The monoisotopic (exact) mass is 229 g/mol. The lowest BCUT2D eigenvalue weighted by molar-refractivity contribution is 0.191. The quantitative estimate of drug-likeness (QED) is 0.502. The Morgan fingerprint density at radius 1 is 0.875 bits per heavy atom. The van der Waals surface area contributed by atoms with Gasteiger partial charge in [0.1, 0.15) is 0 Å². The van der Waals surface area contributed by atoms with Crippen LogP contribution < -0.4 is 5.32 Å². The molecule has 1 atom stereocenters. The zero-order valence-electron chi connectivity index (χ0n) is 11.3. The molecule has 0 fully saturated rings. The van der Waals surface area contributed by atoms with Gasteiger partial charge in [0.05, 0.1) is 6.10 Å². The van der Waals surface area contributed by atoms with E-state index in [0.29, 0.717) is 0 Å². The normalized spacial score (nSPS) is 12.9. The molecular formula is C14H31NO. The SMILES string of the molecule is CCCCCCCCCCCNC[C@H](C)O. The number of hydrogen-bond donors (Lipinski definition) is 2. The summed E-state index contributed by atoms with van der Waals surface area (Å²) in [7, 11) is 0. The zero-order chi connectivity index (χ0) is 12.1. The molecule has 2 N–H and O–H groups in total. The fourth-order valence-electron chi connectivity index (χ4n) is 1.87. The number of hydrogen-bond acceptors (Lipinski definition) is 2. The molecule has 0 radical (unpaired) electrons. The van der Waals surface area contributed by atoms with Crippen LogP contribution in [-0.2, 0) is 0 Å². The van der Waals surface area contributed by atoms with E-state index >= 15 is 0 Å². The number of unbranched alkanes of at least 4 members (excludes halogenated alkanes) is 8. The third-order valence-corrected chi connectivity index (χ3v) is 2.90. The van der Waals surface area contributed by atoms with E-state index in [4.69, 9.17) is 5.11 Å². The minimum atomic E-state index is -0.210. The molecule has 0 aromatic carbocycles. The van der Waals surface area contributed by atoms with Crippen molar-refractivity contribution in [1.82, 2.24) is 5.32 Å². The molecule has 0 spiro atoms. The van der Waals surface area contributed by atoms with E-state index in [1.807, 2.05) is 6.92 Å². The molecule has 2 heteroatoms. The first kappa shape index (κ1) is 15.9. The Morgan fingerprint density at radius 2 is 1.38 bits per heavy atom. The Kier molecular flexibility index (Phi) is 12.9. The topological polar surface area (TPSA) is 32.3 Å². The molecule has 0 aliphatic carbocycles. The van der Waals surface area contributed by atoms with Gasteiger partial charge >= 0.3 is 0 Å². The average molecular weight is 229 g/mol. The molecule has 0 amide bonds. The predicted molar refractivity (Wildman–Crippen MR) is 71.8 cm³/mol. The van der Waals surface area contributed by atoms with Gasteiger partial charge in [-0.3, -0.25) is 0 Å². The van der Waals surface area contributed by atoms with Gasteiger partial charge < -0.3 is 10.4 Å². The van der Waals surface area contributed by atoms with Crippen molar-refractivity contribution in [2.75, 3.05) is 13.1 Å². The van der Waals surface area contributed by atoms with Crippen LogP contribution in [-0.4, -0.2) is 24.3 Å². The number of rotatable bonds is 12. The highest BCUT2D eigenvalue weighted by Crippen LogP contribution is 2.09. The van der Waals surface area contributed by atoms with E-state index in [9.17, 15) is 0 Å². The molecule has 0 rings (SSSR count). The molecule has 0 aromatic rings. The second-order valence-electron chi connectivity index (χ2n) is 4.88. The first-order valence-corrected chi connectivity index (χ1v) is 7.16. The van der Waals surface area contributed by atoms with Crippen LogP contribution in [0.5, 0.6) is 0 Å². The Bertz CT molecular complexity index is 126. The molecule has 0 aromatic heterocycles. The van der Waals surface area contributed by atoms with Crippen molar-refractivity contribution in [3.63, 3.8) is 0 Å². The van der Waals surface area contributed by atoms with Crippen molar-refractivity contribution in [2.45, 2.75) is 77.7 Å². The summed E-state index contributed by atoms with van der Waals surface area (Å²) in [4.78, 5) is 0. The number of aliphatic hydroxyl groups is 1. The van der Waals surface area contributed by atoms with E-state index in [-0.39, 0.29) is 6.10 Å². The lowest BCUT2D eigenvalue weighted by Crippen LogP contribution is -2.25. The third-order valence-electron chi connectivity index (χ3n) is 2.90. The minimum absolute atomic E-state index is 0.210. The molecule has 0 saturated heterocycles. The average Bonchev–Trinajstić information content (AvgIpc) is 2.25. The second-order valence-corrected chi connectivity index (χ2v) is 4.88. The van der Waals surface area contributed by atoms with Crippen LogP contribution >= 0.6 is 0 Å². The fourth-order valence-corrected chi connectivity index (χ4v) is 1.87. The van der Waals surface area contributed by atoms with E-state index in [0.717, 1.165) is 13.1 Å². The maximum absolute atomic E-state index is 9.03. The van der Waals surface area contributed by atoms with Crippen LogP contribution in [0.4, 0.5) is 0 Å². The number of aliphatic hydroxyl groups excluding tert-OH is 1. The van der Waals surface area contributed by atoms with Crippen molar-refractivity contribution in [2.24, 2.45) is 0 Å². The Balaban J connectivity index is 2.88. The lowest BCUT2D eigenvalue weighted by atomic mass is 10.1. The summed E-state index contributed by atoms with van der Waals surface area (Å²) in [6.07, 6.45) is 12.2. The van der Waals surface area contributed by atoms with E-state index in [1.54, 1.807) is 0 Å². The first-order valence-electron chi connectivity index (χ1n) is 7.16. The van der Waals surface area contributed by atoms with E-state index in [1.165, 1.54) is 57.8 Å². The van der Waals surface area contributed by atoms with Crippen LogP contribution in [0, 0.1) is 0 Å². The smallest absolute Gasteiger partial charge is 0.0636 e. The molecular weight excluding hydrogens is 198 g/mol. The molecule has 16 heavy (non-hydrogen) atoms. The van der Waals surface area contributed by atoms with Crippen LogP contribution in [0.3, 0.4) is 0 Å². The van der Waals surface area contributed by atoms with Crippen LogP contribution in [0.25, 0.3) is 0 Å². The van der Waals surface area contributed by atoms with Crippen LogP contribution in [0.2, 0.25) is 0 Å². The van der Waals surface area contributed by atoms with Gasteiger partial charge in [-0.2, -0.15) is 0 Å². The standard InChI is InChI=1S/C14H31NO/c1-3-4-5-6-7-8-9-10-11-12-15-13-14(2)16/h14-16H,3-13H2,1-2H3/t14-/m0/s1. The first-order chi connectivity index (χ1) is 7.77. The molecule has 0 heterocycles. The maximum Gasteiger partial charge on any atom is 0.0636 e. The highest BCUT2D eigenvalue weighted by Gasteiger charge is 1.94. The summed E-state index contributed by atoms with van der Waals surface area (Å²) in [5, 5.41) is 12.3. The summed E-state index contributed by atoms with van der Waals surface area (Å²) in [5.41, 5.74) is 0. The summed E-state index contributed by atoms with van der Waals surface area (Å²) in [5.74, 6) is 0. The van der Waals surface area contributed by atoms with Gasteiger partial charge in [-0.1, -0.05) is 58.3 Å². The summed E-state index contributed by atoms with van der Waals surface area (Å²) < 4.78 is 0. The van der Waals surface area contributed by atoms with Crippen molar-refractivity contribution < 1.29 is 5.11 Å². The lowest BCUT2D eigenvalue weighted by Gasteiger charge is -2.06. The summed E-state index contributed by atoms with van der Waals surface area (Å²) >= 11 is 0. The molecule has 0 bridgehead atoms. The van der Waals surface area contributed by atoms with Gasteiger partial charge in [0.25, 0.3) is 0 Å². The van der Waals surface area contributed by atoms with Crippen molar-refractivity contribution >= 4 is 0 Å². The van der Waals surface area contributed by atoms with Gasteiger partial charge in [-0.15, -0.1) is 0 Å². The highest BCUT2D eigenvalue weighted by molar-refractivity contribution is 4.53. The fraction of sp³-hybridized carbons (Fsp3) is 1.00. The zero-order valence-corrected chi connectivity index (χ0v) is 11.3. The van der Waals surface area contributed by atoms with E-state index < -0.39 is 0 Å². The second kappa shape index (κ2) is 13.0. The van der Waals surface area contributed by atoms with Crippen LogP contribution in [0.1, 0.15) is 71.6 Å². The van der Waals surface area contributed by atoms with Gasteiger partial charge in [0.2, 0.25) is 0 Å². The predicted octanol–water partition coefficient (Wildman–Crippen LogP) is 3.49. The summed E-state index contributed by atoms with van der Waals surface area (Å²) in [6, 6.07) is 0. The van der Waals surface area contributed by atoms with Crippen molar-refractivity contribution in [3.8, 4) is 0 Å².